The van der Waals surface area contributed by atoms with Gasteiger partial charge in [-0.3, -0.25) is 0 Å². The summed E-state index contributed by atoms with van der Waals surface area (Å²) in [5.74, 6) is 0.752. The molecule has 0 spiro atoms. The third-order valence-electron chi connectivity index (χ3n) is 4.62. The number of ether oxygens (including phenoxy) is 1. The van der Waals surface area contributed by atoms with Crippen LogP contribution in [0.15, 0.2) is 123 Å². The normalized spacial score (nSPS) is 12.6. The van der Waals surface area contributed by atoms with Crippen LogP contribution in [0, 0.1) is 0 Å². The van der Waals surface area contributed by atoms with Crippen molar-refractivity contribution >= 4 is 19.7 Å². The van der Waals surface area contributed by atoms with E-state index < -0.39 is 19.7 Å². The molecule has 0 bridgehead atoms. The van der Waals surface area contributed by atoms with Crippen molar-refractivity contribution in [3.8, 4) is 17.2 Å². The zero-order valence-electron chi connectivity index (χ0n) is 17.7. The average molecular weight is 483 g/mol. The molecule has 0 atom stereocenters. The molecule has 0 saturated heterocycles. The van der Waals surface area contributed by atoms with Crippen LogP contribution >= 0.6 is 0 Å². The van der Waals surface area contributed by atoms with E-state index >= 15 is 0 Å². The second-order valence-electron chi connectivity index (χ2n) is 6.84. The lowest BCUT2D eigenvalue weighted by Gasteiger charge is -2.09. The average Bonchev–Trinajstić information content (AvgIpc) is 2.80. The molecule has 0 aromatic heterocycles. The van der Waals surface area contributed by atoms with E-state index in [-0.39, 0.29) is 25.3 Å². The monoisotopic (exact) mass is 482 g/mol. The zero-order chi connectivity index (χ0) is 24.1. The van der Waals surface area contributed by atoms with Crippen molar-refractivity contribution in [2.75, 3.05) is 0 Å². The smallest absolute Gasteiger partial charge is 0.206 e. The first-order valence-corrected chi connectivity index (χ1v) is 12.8. The molecule has 0 radical (unpaired) electrons. The van der Waals surface area contributed by atoms with Gasteiger partial charge >= 0.3 is 0 Å². The molecule has 170 valence electrons. The minimum Gasteiger partial charge on any atom is -0.508 e. The van der Waals surface area contributed by atoms with Gasteiger partial charge in [0.25, 0.3) is 0 Å². The van der Waals surface area contributed by atoms with E-state index in [9.17, 15) is 21.9 Å². The maximum atomic E-state index is 12.7. The molecular weight excluding hydrogens is 460 g/mol. The summed E-state index contributed by atoms with van der Waals surface area (Å²) in [5, 5.41) is 9.35. The number of phenolic OH excluding ortho intramolecular Hbond substituents is 1. The molecule has 0 aliphatic heterocycles. The third-order valence-corrected chi connectivity index (χ3v) is 8.22. The van der Waals surface area contributed by atoms with Crippen molar-refractivity contribution in [1.82, 2.24) is 0 Å². The lowest BCUT2D eigenvalue weighted by Crippen LogP contribution is -2.03. The van der Waals surface area contributed by atoms with E-state index in [1.165, 1.54) is 84.9 Å². The summed E-state index contributed by atoms with van der Waals surface area (Å²) in [4.78, 5) is 0.320. The topological polar surface area (TPSA) is 97.7 Å². The van der Waals surface area contributed by atoms with Gasteiger partial charge in [-0.05, 0) is 85.8 Å². The van der Waals surface area contributed by atoms with Crippen LogP contribution in [-0.4, -0.2) is 21.9 Å². The fourth-order valence-electron chi connectivity index (χ4n) is 2.87. The molecule has 0 amide bonds. The van der Waals surface area contributed by atoms with Crippen molar-refractivity contribution in [3.05, 3.63) is 109 Å². The van der Waals surface area contributed by atoms with Crippen LogP contribution < -0.4 is 4.74 Å². The second kappa shape index (κ2) is 9.89. The van der Waals surface area contributed by atoms with Crippen LogP contribution in [0.2, 0.25) is 0 Å². The molecule has 0 saturated carbocycles. The molecule has 0 heterocycles. The highest BCUT2D eigenvalue weighted by Crippen LogP contribution is 2.28. The minimum absolute atomic E-state index is 0.0222. The van der Waals surface area contributed by atoms with Crippen molar-refractivity contribution in [2.45, 2.75) is 21.6 Å². The van der Waals surface area contributed by atoms with Gasteiger partial charge in [0.2, 0.25) is 19.7 Å². The first-order valence-electron chi connectivity index (χ1n) is 9.81. The summed E-state index contributed by atoms with van der Waals surface area (Å²) < 4.78 is 56.6. The van der Waals surface area contributed by atoms with Gasteiger partial charge in [-0.1, -0.05) is 24.8 Å². The lowest BCUT2D eigenvalue weighted by molar-refractivity contribution is 0.474. The Morgan fingerprint density at radius 3 is 1.70 bits per heavy atom. The predicted molar refractivity (Wildman–Crippen MR) is 127 cm³/mol. The quantitative estimate of drug-likeness (QED) is 0.430. The van der Waals surface area contributed by atoms with Crippen LogP contribution in [0.5, 0.6) is 17.2 Å². The predicted octanol–water partition coefficient (Wildman–Crippen LogP) is 5.44. The van der Waals surface area contributed by atoms with Crippen molar-refractivity contribution in [2.24, 2.45) is 0 Å². The van der Waals surface area contributed by atoms with E-state index in [4.69, 9.17) is 4.74 Å². The maximum absolute atomic E-state index is 12.7. The van der Waals surface area contributed by atoms with Crippen LogP contribution in [0.25, 0.3) is 0 Å². The Balaban J connectivity index is 1.78. The minimum atomic E-state index is -3.74. The van der Waals surface area contributed by atoms with Gasteiger partial charge in [-0.2, -0.15) is 0 Å². The Morgan fingerprint density at radius 1 is 0.788 bits per heavy atom. The standard InChI is InChI=1S/C25H22O6S2/c1-3-5-6-22(4-2)32(27,28)24-15-9-20(10-16-24)31-21-11-17-25(18-12-21)33(29,30)23-13-7-19(26)8-14-23/h3-18,26H,2H2,1H3/b5-3-,22-6+. The highest BCUT2D eigenvalue weighted by atomic mass is 32.2. The van der Waals surface area contributed by atoms with Crippen LogP contribution in [0.4, 0.5) is 0 Å². The molecule has 0 fully saturated rings. The van der Waals surface area contributed by atoms with Gasteiger partial charge in [-0.15, -0.1) is 0 Å². The van der Waals surface area contributed by atoms with E-state index in [1.807, 2.05) is 0 Å². The molecule has 0 aliphatic carbocycles. The summed E-state index contributed by atoms with van der Waals surface area (Å²) >= 11 is 0. The van der Waals surface area contributed by atoms with Gasteiger partial charge < -0.3 is 9.84 Å². The van der Waals surface area contributed by atoms with Gasteiger partial charge in [0.05, 0.1) is 19.6 Å². The van der Waals surface area contributed by atoms with Gasteiger partial charge in [0.15, 0.2) is 0 Å². The van der Waals surface area contributed by atoms with Crippen LogP contribution in [0.1, 0.15) is 6.92 Å². The van der Waals surface area contributed by atoms with Crippen LogP contribution in [0.3, 0.4) is 0 Å². The highest BCUT2D eigenvalue weighted by molar-refractivity contribution is 7.95. The molecule has 8 heteroatoms. The number of hydrogen-bond donors (Lipinski definition) is 1. The molecule has 0 unspecified atom stereocenters. The number of hydrogen-bond acceptors (Lipinski definition) is 6. The summed E-state index contributed by atoms with van der Waals surface area (Å²) in [7, 11) is -7.45. The third kappa shape index (κ3) is 5.42. The molecular formula is C25H22O6S2. The molecule has 3 rings (SSSR count). The van der Waals surface area contributed by atoms with Crippen molar-refractivity contribution in [1.29, 1.82) is 0 Å². The van der Waals surface area contributed by atoms with Gasteiger partial charge in [0.1, 0.15) is 17.2 Å². The summed E-state index contributed by atoms with van der Waals surface area (Å²) in [6, 6.07) is 17.0. The zero-order valence-corrected chi connectivity index (χ0v) is 19.4. The first kappa shape index (κ1) is 24.0. The fraction of sp³-hybridized carbons (Fsp3) is 0.0400. The number of rotatable bonds is 8. The summed E-state index contributed by atoms with van der Waals surface area (Å²) in [6.45, 7) is 5.35. The van der Waals surface area contributed by atoms with Crippen molar-refractivity contribution < 1.29 is 26.7 Å². The Labute approximate surface area is 193 Å². The number of aromatic hydroxyl groups is 1. The SMILES string of the molecule is C=C/C(=C\C=C/C)S(=O)(=O)c1ccc(Oc2ccc(S(=O)(=O)c3ccc(O)cc3)cc2)cc1. The number of allylic oxidation sites excluding steroid dienone is 4. The molecule has 3 aromatic rings. The van der Waals surface area contributed by atoms with Gasteiger partial charge in [-0.25, -0.2) is 16.8 Å². The molecule has 33 heavy (non-hydrogen) atoms. The van der Waals surface area contributed by atoms with Crippen molar-refractivity contribution in [3.63, 3.8) is 0 Å². The first-order chi connectivity index (χ1) is 15.7. The molecule has 1 N–H and O–H groups in total. The molecule has 6 nitrogen and oxygen atoms in total. The summed E-state index contributed by atoms with van der Waals surface area (Å²) in [6.07, 6.45) is 6.10. The van der Waals surface area contributed by atoms with E-state index in [1.54, 1.807) is 19.1 Å². The summed E-state index contributed by atoms with van der Waals surface area (Å²) in [5.41, 5.74) is 0. The van der Waals surface area contributed by atoms with Crippen LogP contribution in [-0.2, 0) is 19.7 Å². The number of phenols is 1. The van der Waals surface area contributed by atoms with Gasteiger partial charge in [0, 0.05) is 0 Å². The Hall–Kier alpha value is -3.62. The largest absolute Gasteiger partial charge is 0.508 e. The fourth-order valence-corrected chi connectivity index (χ4v) is 5.37. The van der Waals surface area contributed by atoms with E-state index in [0.29, 0.717) is 11.5 Å². The highest BCUT2D eigenvalue weighted by Gasteiger charge is 2.19. The van der Waals surface area contributed by atoms with E-state index in [0.717, 1.165) is 0 Å². The van der Waals surface area contributed by atoms with E-state index in [2.05, 4.69) is 6.58 Å². The maximum Gasteiger partial charge on any atom is 0.206 e. The Morgan fingerprint density at radius 2 is 1.24 bits per heavy atom. The second-order valence-corrected chi connectivity index (χ2v) is 10.7. The Kier molecular flexibility index (Phi) is 7.20. The number of benzene rings is 3. The number of sulfone groups is 2. The Bertz CT molecular complexity index is 1400. The lowest BCUT2D eigenvalue weighted by atomic mass is 10.3. The molecule has 0 aliphatic rings. The molecule has 3 aromatic carbocycles.